The summed E-state index contributed by atoms with van der Waals surface area (Å²) in [6.45, 7) is 2.96. The van der Waals surface area contributed by atoms with Gasteiger partial charge in [-0.15, -0.1) is 11.3 Å². The number of nitrogen functional groups attached to an aromatic ring is 1. The molecule has 0 bridgehead atoms. The summed E-state index contributed by atoms with van der Waals surface area (Å²) in [5.41, 5.74) is 7.90. The van der Waals surface area contributed by atoms with Gasteiger partial charge in [-0.3, -0.25) is 4.72 Å². The zero-order valence-corrected chi connectivity index (χ0v) is 17.3. The molecule has 0 unspecified atom stereocenters. The number of hydrogen-bond donors (Lipinski definition) is 3. The van der Waals surface area contributed by atoms with Crippen LogP contribution >= 0.6 is 23.3 Å². The number of amides is 1. The van der Waals surface area contributed by atoms with Crippen molar-refractivity contribution < 1.29 is 9.53 Å². The first-order valence-corrected chi connectivity index (χ1v) is 10.8. The smallest absolute Gasteiger partial charge is 0.407 e. The van der Waals surface area contributed by atoms with Gasteiger partial charge in [0.2, 0.25) is 0 Å². The molecule has 8 heteroatoms. The molecule has 2 aromatic rings. The van der Waals surface area contributed by atoms with Crippen molar-refractivity contribution in [1.82, 2.24) is 15.0 Å². The summed E-state index contributed by atoms with van der Waals surface area (Å²) in [7, 11) is 1.40. The molecule has 0 spiro atoms. The van der Waals surface area contributed by atoms with Gasteiger partial charge in [0.25, 0.3) is 0 Å². The van der Waals surface area contributed by atoms with Gasteiger partial charge in [-0.2, -0.15) is 0 Å². The third-order valence-corrected chi connectivity index (χ3v) is 6.89. The third-order valence-electron chi connectivity index (χ3n) is 4.70. The number of carbonyl (C=O) groups excluding carboxylic acids is 1. The Hall–Kier alpha value is -1.77. The Morgan fingerprint density at radius 1 is 1.37 bits per heavy atom. The van der Waals surface area contributed by atoms with Crippen molar-refractivity contribution in [2.24, 2.45) is 0 Å². The number of nitrogens with zero attached hydrogens (tertiary/aromatic N) is 1. The Balaban J connectivity index is 1.68. The van der Waals surface area contributed by atoms with Crippen molar-refractivity contribution in [3.63, 3.8) is 0 Å². The van der Waals surface area contributed by atoms with Crippen molar-refractivity contribution >= 4 is 35.1 Å². The van der Waals surface area contributed by atoms with Crippen LogP contribution in [0.1, 0.15) is 43.5 Å². The quantitative estimate of drug-likeness (QED) is 0.487. The molecule has 1 aliphatic rings. The van der Waals surface area contributed by atoms with Crippen LogP contribution in [0.4, 0.5) is 10.5 Å². The van der Waals surface area contributed by atoms with Gasteiger partial charge in [0.15, 0.2) is 0 Å². The van der Waals surface area contributed by atoms with E-state index >= 15 is 0 Å². The van der Waals surface area contributed by atoms with E-state index in [0.29, 0.717) is 5.92 Å². The molecule has 1 heterocycles. The molecule has 6 nitrogen and oxygen atoms in total. The van der Waals surface area contributed by atoms with Crippen LogP contribution in [0.5, 0.6) is 0 Å². The van der Waals surface area contributed by atoms with Gasteiger partial charge in [0.05, 0.1) is 17.0 Å². The second-order valence-electron chi connectivity index (χ2n) is 6.60. The lowest BCUT2D eigenvalue weighted by molar-refractivity contribution is 0.162. The Labute approximate surface area is 168 Å². The highest BCUT2D eigenvalue weighted by molar-refractivity contribution is 7.97. The van der Waals surface area contributed by atoms with Crippen LogP contribution in [-0.4, -0.2) is 30.8 Å². The number of nitrogens with one attached hydrogen (secondary N) is 2. The van der Waals surface area contributed by atoms with Crippen molar-refractivity contribution in [1.29, 1.82) is 0 Å². The summed E-state index contributed by atoms with van der Waals surface area (Å²) in [6, 6.07) is 6.22. The van der Waals surface area contributed by atoms with Crippen molar-refractivity contribution in [3.05, 3.63) is 29.4 Å². The summed E-state index contributed by atoms with van der Waals surface area (Å²) in [4.78, 5) is 18.4. The van der Waals surface area contributed by atoms with Gasteiger partial charge in [-0.05, 0) is 49.8 Å². The van der Waals surface area contributed by atoms with E-state index in [4.69, 9.17) is 10.7 Å². The number of alkyl carbamates (subject to hydrolysis) is 1. The van der Waals surface area contributed by atoms with Crippen LogP contribution in [0.15, 0.2) is 29.3 Å². The molecule has 1 saturated carbocycles. The standard InChI is InChI=1S/C19H26N4O2S2/c1-3-22-27-16-10-13(20)6-9-15(16)17-11-21-18(26-17)12-4-7-14(8-5-12)23-19(24)25-2/h6,9-12,14,22H,3-5,7-8,20H2,1-2H3,(H,23,24). The van der Waals surface area contributed by atoms with E-state index in [1.807, 2.05) is 18.3 Å². The molecule has 27 heavy (non-hydrogen) atoms. The van der Waals surface area contributed by atoms with Crippen molar-refractivity contribution in [3.8, 4) is 10.4 Å². The lowest BCUT2D eigenvalue weighted by Crippen LogP contribution is -2.37. The lowest BCUT2D eigenvalue weighted by atomic mass is 9.86. The van der Waals surface area contributed by atoms with E-state index < -0.39 is 0 Å². The fourth-order valence-electron chi connectivity index (χ4n) is 3.29. The fourth-order valence-corrected chi connectivity index (χ4v) is 5.26. The minimum absolute atomic E-state index is 0.202. The van der Waals surface area contributed by atoms with E-state index in [1.54, 1.807) is 23.3 Å². The number of ether oxygens (including phenoxy) is 1. The molecule has 0 saturated heterocycles. The Bertz CT molecular complexity index is 773. The van der Waals surface area contributed by atoms with Crippen molar-refractivity contribution in [2.75, 3.05) is 19.4 Å². The van der Waals surface area contributed by atoms with Gasteiger partial charge < -0.3 is 15.8 Å². The Morgan fingerprint density at radius 2 is 2.15 bits per heavy atom. The molecule has 4 N–H and O–H groups in total. The second-order valence-corrected chi connectivity index (χ2v) is 8.60. The average Bonchev–Trinajstić information content (AvgIpc) is 3.16. The van der Waals surface area contributed by atoms with Crippen LogP contribution in [0.3, 0.4) is 0 Å². The number of thiazole rings is 1. The van der Waals surface area contributed by atoms with Crippen LogP contribution in [-0.2, 0) is 4.74 Å². The molecule has 1 aliphatic carbocycles. The van der Waals surface area contributed by atoms with Gasteiger partial charge in [-0.1, -0.05) is 13.0 Å². The van der Waals surface area contributed by atoms with Gasteiger partial charge in [0.1, 0.15) is 0 Å². The lowest BCUT2D eigenvalue weighted by Gasteiger charge is -2.27. The van der Waals surface area contributed by atoms with Crippen LogP contribution in [0.25, 0.3) is 10.4 Å². The number of nitrogens with two attached hydrogens (primary N) is 1. The highest BCUT2D eigenvalue weighted by Crippen LogP contribution is 2.40. The van der Waals surface area contributed by atoms with Crippen LogP contribution in [0.2, 0.25) is 0 Å². The Kier molecular flexibility index (Phi) is 6.98. The summed E-state index contributed by atoms with van der Waals surface area (Å²) in [6.07, 6.45) is 5.60. The zero-order valence-electron chi connectivity index (χ0n) is 15.7. The van der Waals surface area contributed by atoms with E-state index in [1.165, 1.54) is 22.6 Å². The predicted octanol–water partition coefficient (Wildman–Crippen LogP) is 4.39. The van der Waals surface area contributed by atoms with Gasteiger partial charge in [0, 0.05) is 40.8 Å². The molecular weight excluding hydrogens is 380 g/mol. The SMILES string of the molecule is CCNSc1cc(N)ccc1-c1cnc(C2CCC(NC(=O)OC)CC2)s1. The molecule has 0 aliphatic heterocycles. The maximum Gasteiger partial charge on any atom is 0.407 e. The Morgan fingerprint density at radius 3 is 2.85 bits per heavy atom. The minimum Gasteiger partial charge on any atom is -0.453 e. The van der Waals surface area contributed by atoms with E-state index in [0.717, 1.165) is 42.8 Å². The van der Waals surface area contributed by atoms with Crippen LogP contribution in [0, 0.1) is 0 Å². The topological polar surface area (TPSA) is 89.3 Å². The summed E-state index contributed by atoms with van der Waals surface area (Å²) >= 11 is 3.37. The average molecular weight is 407 g/mol. The number of anilines is 1. The maximum atomic E-state index is 11.4. The summed E-state index contributed by atoms with van der Waals surface area (Å²) < 4.78 is 7.99. The monoisotopic (exact) mass is 406 g/mol. The first-order valence-electron chi connectivity index (χ1n) is 9.20. The zero-order chi connectivity index (χ0) is 19.2. The molecule has 0 atom stereocenters. The number of aromatic nitrogens is 1. The minimum atomic E-state index is -0.343. The number of rotatable bonds is 6. The largest absolute Gasteiger partial charge is 0.453 e. The van der Waals surface area contributed by atoms with Gasteiger partial charge >= 0.3 is 6.09 Å². The molecule has 1 fully saturated rings. The number of carbonyl (C=O) groups is 1. The molecule has 146 valence electrons. The van der Waals surface area contributed by atoms with E-state index in [2.05, 4.69) is 27.8 Å². The normalized spacial score (nSPS) is 19.6. The number of hydrogen-bond acceptors (Lipinski definition) is 7. The molecule has 1 amide bonds. The fraction of sp³-hybridized carbons (Fsp3) is 0.474. The molecule has 1 aromatic carbocycles. The summed E-state index contributed by atoms with van der Waals surface area (Å²) in [5, 5.41) is 4.08. The third kappa shape index (κ3) is 5.15. The predicted molar refractivity (Wildman–Crippen MR) is 112 cm³/mol. The highest BCUT2D eigenvalue weighted by Gasteiger charge is 2.26. The summed E-state index contributed by atoms with van der Waals surface area (Å²) in [5.74, 6) is 0.457. The first-order chi connectivity index (χ1) is 13.1. The van der Waals surface area contributed by atoms with Crippen molar-refractivity contribution in [2.45, 2.75) is 49.5 Å². The number of methoxy groups -OCH3 is 1. The number of benzene rings is 1. The highest BCUT2D eigenvalue weighted by atomic mass is 32.2. The molecule has 3 rings (SSSR count). The molecule has 0 radical (unpaired) electrons. The van der Waals surface area contributed by atoms with Gasteiger partial charge in [-0.25, -0.2) is 9.78 Å². The molecular formula is C19H26N4O2S2. The first kappa shape index (κ1) is 20.0. The maximum absolute atomic E-state index is 11.4. The van der Waals surface area contributed by atoms with E-state index in [-0.39, 0.29) is 12.1 Å². The van der Waals surface area contributed by atoms with E-state index in [9.17, 15) is 4.79 Å². The second kappa shape index (κ2) is 9.43. The van der Waals surface area contributed by atoms with Crippen LogP contribution < -0.4 is 15.8 Å². The molecule has 1 aromatic heterocycles.